The van der Waals surface area contributed by atoms with Gasteiger partial charge in [-0.1, -0.05) is 26.0 Å². The zero-order chi connectivity index (χ0) is 15.9. The zero-order valence-corrected chi connectivity index (χ0v) is 13.6. The minimum absolute atomic E-state index is 0.194. The summed E-state index contributed by atoms with van der Waals surface area (Å²) >= 11 is 0. The number of aromatic nitrogens is 1. The van der Waals surface area contributed by atoms with Crippen molar-refractivity contribution in [2.24, 2.45) is 17.1 Å². The average molecular weight is 301 g/mol. The number of halogens is 1. The Hall–Kier alpha value is -1.68. The van der Waals surface area contributed by atoms with Crippen molar-refractivity contribution < 1.29 is 4.39 Å². The lowest BCUT2D eigenvalue weighted by Crippen LogP contribution is -2.49. The normalized spacial score (nSPS) is 16.1. The van der Waals surface area contributed by atoms with Gasteiger partial charge in [0.1, 0.15) is 11.3 Å². The van der Waals surface area contributed by atoms with E-state index in [0.29, 0.717) is 18.0 Å². The predicted octanol–water partition coefficient (Wildman–Crippen LogP) is 3.49. The molecule has 0 saturated carbocycles. The Morgan fingerprint density at radius 2 is 2.09 bits per heavy atom. The third kappa shape index (κ3) is 2.80. The molecule has 2 heterocycles. The average Bonchev–Trinajstić information content (AvgIpc) is 2.43. The van der Waals surface area contributed by atoms with Crippen molar-refractivity contribution >= 4 is 16.6 Å². The number of benzene rings is 1. The van der Waals surface area contributed by atoms with E-state index in [-0.39, 0.29) is 11.2 Å². The number of hydrogen-bond acceptors (Lipinski definition) is 3. The van der Waals surface area contributed by atoms with Crippen LogP contribution in [0.5, 0.6) is 0 Å². The molecule has 22 heavy (non-hydrogen) atoms. The summed E-state index contributed by atoms with van der Waals surface area (Å²) in [6.07, 6.45) is 1.14. The van der Waals surface area contributed by atoms with Crippen LogP contribution in [0, 0.1) is 24.1 Å². The summed E-state index contributed by atoms with van der Waals surface area (Å²) in [6.45, 7) is 9.10. The van der Waals surface area contributed by atoms with Gasteiger partial charge < -0.3 is 10.6 Å². The highest BCUT2D eigenvalue weighted by atomic mass is 19.1. The maximum absolute atomic E-state index is 14.0. The Kier molecular flexibility index (Phi) is 3.81. The third-order valence-electron chi connectivity index (χ3n) is 4.59. The summed E-state index contributed by atoms with van der Waals surface area (Å²) in [5.74, 6) is 0.416. The van der Waals surface area contributed by atoms with Crippen LogP contribution >= 0.6 is 0 Å². The van der Waals surface area contributed by atoms with Crippen molar-refractivity contribution in [3.05, 3.63) is 35.8 Å². The highest BCUT2D eigenvalue weighted by Crippen LogP contribution is 2.36. The Bertz CT molecular complexity index is 690. The van der Waals surface area contributed by atoms with Crippen LogP contribution in [0.4, 0.5) is 10.1 Å². The molecule has 118 valence electrons. The van der Waals surface area contributed by atoms with Gasteiger partial charge in [-0.3, -0.25) is 0 Å². The van der Waals surface area contributed by atoms with E-state index in [1.165, 1.54) is 6.07 Å². The molecule has 0 spiro atoms. The molecule has 1 fully saturated rings. The summed E-state index contributed by atoms with van der Waals surface area (Å²) in [4.78, 5) is 6.68. The number of hydrogen-bond donors (Lipinski definition) is 1. The van der Waals surface area contributed by atoms with Gasteiger partial charge in [-0.05, 0) is 43.4 Å². The van der Waals surface area contributed by atoms with Gasteiger partial charge in [-0.25, -0.2) is 9.37 Å². The van der Waals surface area contributed by atoms with Crippen LogP contribution < -0.4 is 10.6 Å². The fourth-order valence-electron chi connectivity index (χ4n) is 3.34. The zero-order valence-electron chi connectivity index (χ0n) is 13.6. The molecule has 1 aliphatic rings. The first-order chi connectivity index (χ1) is 10.4. The lowest BCUT2D eigenvalue weighted by molar-refractivity contribution is 0.242. The molecule has 0 atom stereocenters. The third-order valence-corrected chi connectivity index (χ3v) is 4.59. The summed E-state index contributed by atoms with van der Waals surface area (Å²) in [5, 5.41) is 0.905. The van der Waals surface area contributed by atoms with E-state index in [4.69, 9.17) is 5.73 Å². The Balaban J connectivity index is 1.83. The quantitative estimate of drug-likeness (QED) is 0.940. The van der Waals surface area contributed by atoms with Crippen molar-refractivity contribution in [3.63, 3.8) is 0 Å². The molecule has 0 aliphatic carbocycles. The monoisotopic (exact) mass is 301 g/mol. The molecule has 1 aromatic heterocycles. The number of fused-ring (bicyclic) bond motifs is 1. The molecule has 0 bridgehead atoms. The van der Waals surface area contributed by atoms with E-state index in [1.807, 2.05) is 13.0 Å². The second-order valence-electron chi connectivity index (χ2n) is 7.26. The topological polar surface area (TPSA) is 42.1 Å². The number of aryl methyl sites for hydroxylation is 1. The fraction of sp³-hybridized carbons (Fsp3) is 0.500. The minimum Gasteiger partial charge on any atom is -0.370 e. The molecule has 3 nitrogen and oxygen atoms in total. The van der Waals surface area contributed by atoms with E-state index >= 15 is 0 Å². The van der Waals surface area contributed by atoms with Crippen LogP contribution in [0.1, 0.15) is 26.0 Å². The fourth-order valence-corrected chi connectivity index (χ4v) is 3.34. The number of nitrogens with zero attached hydrogens (tertiary/aromatic N) is 2. The lowest BCUT2D eigenvalue weighted by Gasteiger charge is -2.44. The second-order valence-corrected chi connectivity index (χ2v) is 7.26. The molecule has 3 rings (SSSR count). The molecule has 1 saturated heterocycles. The first kappa shape index (κ1) is 15.2. The largest absolute Gasteiger partial charge is 0.370 e. The van der Waals surface area contributed by atoms with Crippen molar-refractivity contribution in [1.82, 2.24) is 4.98 Å². The molecule has 0 radical (unpaired) electrons. The maximum Gasteiger partial charge on any atom is 0.149 e. The second kappa shape index (κ2) is 5.51. The van der Waals surface area contributed by atoms with Gasteiger partial charge in [0, 0.05) is 29.9 Å². The summed E-state index contributed by atoms with van der Waals surface area (Å²) < 4.78 is 14.0. The summed E-state index contributed by atoms with van der Waals surface area (Å²) in [6, 6.07) is 7.25. The highest BCUT2D eigenvalue weighted by Gasteiger charge is 2.32. The van der Waals surface area contributed by atoms with Crippen LogP contribution in [-0.4, -0.2) is 24.6 Å². The number of nitrogens with two attached hydrogens (primary N) is 1. The van der Waals surface area contributed by atoms with Gasteiger partial charge in [-0.15, -0.1) is 0 Å². The molecule has 2 N–H and O–H groups in total. The van der Waals surface area contributed by atoms with Crippen LogP contribution in [0.3, 0.4) is 0 Å². The van der Waals surface area contributed by atoms with Gasteiger partial charge in [0.05, 0.1) is 0 Å². The van der Waals surface area contributed by atoms with Crippen LogP contribution in [0.2, 0.25) is 0 Å². The molecular formula is C18H24FN3. The summed E-state index contributed by atoms with van der Waals surface area (Å²) in [7, 11) is 0. The standard InChI is InChI=1S/C18H24FN3/c1-12-7-16(14-5-4-6-15(19)17(14)21-12)22-9-13(10-22)8-18(2,3)11-20/h4-7,13H,8-11,20H2,1-3H3. The minimum atomic E-state index is -0.246. The Morgan fingerprint density at radius 3 is 2.77 bits per heavy atom. The molecule has 4 heteroatoms. The maximum atomic E-state index is 14.0. The molecular weight excluding hydrogens is 277 g/mol. The SMILES string of the molecule is Cc1cc(N2CC(CC(C)(C)CN)C2)c2cccc(F)c2n1. The van der Waals surface area contributed by atoms with E-state index in [1.54, 1.807) is 6.07 Å². The molecule has 0 amide bonds. The lowest BCUT2D eigenvalue weighted by atomic mass is 9.79. The number of rotatable bonds is 4. The van der Waals surface area contributed by atoms with Gasteiger partial charge >= 0.3 is 0 Å². The smallest absolute Gasteiger partial charge is 0.149 e. The number of para-hydroxylation sites is 1. The first-order valence-corrected chi connectivity index (χ1v) is 7.90. The van der Waals surface area contributed by atoms with Crippen molar-refractivity contribution in [2.75, 3.05) is 24.5 Å². The van der Waals surface area contributed by atoms with Gasteiger partial charge in [0.15, 0.2) is 0 Å². The van der Waals surface area contributed by atoms with E-state index in [9.17, 15) is 4.39 Å². The predicted molar refractivity (Wildman–Crippen MR) is 89.6 cm³/mol. The van der Waals surface area contributed by atoms with E-state index < -0.39 is 0 Å². The number of anilines is 1. The first-order valence-electron chi connectivity index (χ1n) is 7.90. The summed E-state index contributed by atoms with van der Waals surface area (Å²) in [5.41, 5.74) is 8.46. The number of pyridine rings is 1. The van der Waals surface area contributed by atoms with E-state index in [2.05, 4.69) is 29.8 Å². The van der Waals surface area contributed by atoms with Crippen LogP contribution in [0.15, 0.2) is 24.3 Å². The molecule has 1 aliphatic heterocycles. The molecule has 0 unspecified atom stereocenters. The van der Waals surface area contributed by atoms with E-state index in [0.717, 1.165) is 36.3 Å². The highest BCUT2D eigenvalue weighted by molar-refractivity contribution is 5.92. The van der Waals surface area contributed by atoms with Crippen LogP contribution in [-0.2, 0) is 0 Å². The molecule has 1 aromatic carbocycles. The van der Waals surface area contributed by atoms with Gasteiger partial charge in [0.25, 0.3) is 0 Å². The Morgan fingerprint density at radius 1 is 1.36 bits per heavy atom. The van der Waals surface area contributed by atoms with Crippen LogP contribution in [0.25, 0.3) is 10.9 Å². The molecule has 2 aromatic rings. The Labute approximate surface area is 131 Å². The van der Waals surface area contributed by atoms with Crippen molar-refractivity contribution in [3.8, 4) is 0 Å². The van der Waals surface area contributed by atoms with Gasteiger partial charge in [0.2, 0.25) is 0 Å². The van der Waals surface area contributed by atoms with Crippen molar-refractivity contribution in [1.29, 1.82) is 0 Å². The van der Waals surface area contributed by atoms with Crippen molar-refractivity contribution in [2.45, 2.75) is 27.2 Å². The van der Waals surface area contributed by atoms with Gasteiger partial charge in [-0.2, -0.15) is 0 Å².